The number of rotatable bonds is 8. The lowest BCUT2D eigenvalue weighted by atomic mass is 10.1. The number of primary amides is 1. The van der Waals surface area contributed by atoms with Crippen LogP contribution >= 0.6 is 23.1 Å². The van der Waals surface area contributed by atoms with Gasteiger partial charge in [-0.25, -0.2) is 4.79 Å². The predicted octanol–water partition coefficient (Wildman–Crippen LogP) is 1.23. The summed E-state index contributed by atoms with van der Waals surface area (Å²) in [5, 5.41) is 8.57. The highest BCUT2D eigenvalue weighted by Gasteiger charge is 2.28. The molecule has 1 fully saturated rings. The van der Waals surface area contributed by atoms with E-state index in [0.717, 1.165) is 10.6 Å². The molecule has 0 bridgehead atoms. The average Bonchev–Trinajstić information content (AvgIpc) is 3.36. The number of carbonyl (C=O) groups is 2. The molecule has 3 rings (SSSR count). The van der Waals surface area contributed by atoms with Crippen LogP contribution in [0.5, 0.6) is 0 Å². The van der Waals surface area contributed by atoms with Crippen LogP contribution in [-0.2, 0) is 11.3 Å². The quantitative estimate of drug-likeness (QED) is 0.654. The molecule has 1 aliphatic heterocycles. The molecule has 1 unspecified atom stereocenters. The van der Waals surface area contributed by atoms with E-state index in [1.54, 1.807) is 28.0 Å². The summed E-state index contributed by atoms with van der Waals surface area (Å²) >= 11 is 3.20. The van der Waals surface area contributed by atoms with Crippen molar-refractivity contribution in [1.82, 2.24) is 25.3 Å². The number of thioether (sulfide) groups is 1. The standard InChI is InChI=1S/C17H24N6O3S2/c1-27-10-4-12(19-17(18)25)16(24)23-7-5-22(6-8-23)11-14-20-15(21-26-14)13-3-2-9-28-13/h2-3,9,12H,4-8,10-11H2,1H3,(H3,18,19,25). The maximum Gasteiger partial charge on any atom is 0.312 e. The molecule has 11 heteroatoms. The van der Waals surface area contributed by atoms with Gasteiger partial charge in [0.1, 0.15) is 6.04 Å². The number of nitrogens with zero attached hydrogens (tertiary/aromatic N) is 4. The lowest BCUT2D eigenvalue weighted by Crippen LogP contribution is -2.55. The Morgan fingerprint density at radius 3 is 2.82 bits per heavy atom. The van der Waals surface area contributed by atoms with Gasteiger partial charge in [0.25, 0.3) is 0 Å². The van der Waals surface area contributed by atoms with Gasteiger partial charge in [0.2, 0.25) is 17.6 Å². The van der Waals surface area contributed by atoms with Crippen molar-refractivity contribution >= 4 is 35.0 Å². The van der Waals surface area contributed by atoms with Crippen LogP contribution < -0.4 is 11.1 Å². The fourth-order valence-electron chi connectivity index (χ4n) is 3.03. The van der Waals surface area contributed by atoms with E-state index in [-0.39, 0.29) is 5.91 Å². The molecule has 152 valence electrons. The number of carbonyl (C=O) groups excluding carboxylic acids is 2. The lowest BCUT2D eigenvalue weighted by Gasteiger charge is -2.35. The summed E-state index contributed by atoms with van der Waals surface area (Å²) in [7, 11) is 0. The molecule has 0 spiro atoms. The van der Waals surface area contributed by atoms with E-state index < -0.39 is 12.1 Å². The van der Waals surface area contributed by atoms with Crippen LogP contribution in [0.15, 0.2) is 22.0 Å². The molecule has 1 saturated heterocycles. The maximum atomic E-state index is 12.7. The Morgan fingerprint density at radius 2 is 2.18 bits per heavy atom. The smallest absolute Gasteiger partial charge is 0.312 e. The lowest BCUT2D eigenvalue weighted by molar-refractivity contribution is -0.135. The number of thiophene rings is 1. The van der Waals surface area contributed by atoms with E-state index in [2.05, 4.69) is 20.4 Å². The van der Waals surface area contributed by atoms with Crippen LogP contribution in [0.2, 0.25) is 0 Å². The Morgan fingerprint density at radius 1 is 1.39 bits per heavy atom. The van der Waals surface area contributed by atoms with Gasteiger partial charge < -0.3 is 20.5 Å². The fourth-order valence-corrected chi connectivity index (χ4v) is 4.15. The molecule has 3 N–H and O–H groups in total. The highest BCUT2D eigenvalue weighted by atomic mass is 32.2. The number of nitrogens with one attached hydrogen (secondary N) is 1. The number of piperazine rings is 1. The molecule has 0 radical (unpaired) electrons. The van der Waals surface area contributed by atoms with E-state index in [1.165, 1.54) is 0 Å². The number of aromatic nitrogens is 2. The second-order valence-electron chi connectivity index (χ2n) is 6.43. The monoisotopic (exact) mass is 424 g/mol. The summed E-state index contributed by atoms with van der Waals surface area (Å²) < 4.78 is 5.35. The summed E-state index contributed by atoms with van der Waals surface area (Å²) in [6, 6.07) is 2.67. The van der Waals surface area contributed by atoms with Crippen molar-refractivity contribution in [2.24, 2.45) is 5.73 Å². The predicted molar refractivity (Wildman–Crippen MR) is 109 cm³/mol. The molecule has 1 aliphatic rings. The molecule has 2 aromatic rings. The number of hydrogen-bond acceptors (Lipinski definition) is 8. The Bertz CT molecular complexity index is 774. The van der Waals surface area contributed by atoms with Crippen LogP contribution in [0, 0.1) is 0 Å². The van der Waals surface area contributed by atoms with Crippen LogP contribution in [0.1, 0.15) is 12.3 Å². The third kappa shape index (κ3) is 5.46. The van der Waals surface area contributed by atoms with Crippen molar-refractivity contribution in [1.29, 1.82) is 0 Å². The zero-order valence-electron chi connectivity index (χ0n) is 15.7. The van der Waals surface area contributed by atoms with Crippen LogP contribution in [0.3, 0.4) is 0 Å². The molecule has 2 aromatic heterocycles. The van der Waals surface area contributed by atoms with Crippen molar-refractivity contribution in [3.63, 3.8) is 0 Å². The first-order chi connectivity index (χ1) is 13.6. The maximum absolute atomic E-state index is 12.7. The van der Waals surface area contributed by atoms with E-state index in [1.807, 2.05) is 23.8 Å². The van der Waals surface area contributed by atoms with Gasteiger partial charge in [-0.1, -0.05) is 11.2 Å². The van der Waals surface area contributed by atoms with E-state index in [0.29, 0.717) is 50.9 Å². The molecule has 0 aliphatic carbocycles. The number of hydrogen-bond donors (Lipinski definition) is 2. The number of urea groups is 1. The highest BCUT2D eigenvalue weighted by molar-refractivity contribution is 7.98. The first-order valence-corrected chi connectivity index (χ1v) is 11.3. The Balaban J connectivity index is 1.50. The second-order valence-corrected chi connectivity index (χ2v) is 8.37. The molecule has 9 nitrogen and oxygen atoms in total. The van der Waals surface area contributed by atoms with E-state index >= 15 is 0 Å². The third-order valence-corrected chi connectivity index (χ3v) is 5.99. The Hall–Kier alpha value is -2.11. The molecule has 0 saturated carbocycles. The molecule has 3 amide bonds. The van der Waals surface area contributed by atoms with Gasteiger partial charge in [-0.05, 0) is 29.9 Å². The van der Waals surface area contributed by atoms with Gasteiger partial charge in [0, 0.05) is 26.2 Å². The van der Waals surface area contributed by atoms with Gasteiger partial charge in [0.05, 0.1) is 11.4 Å². The van der Waals surface area contributed by atoms with Crippen molar-refractivity contribution in [3.8, 4) is 10.7 Å². The number of amides is 3. The van der Waals surface area contributed by atoms with E-state index in [4.69, 9.17) is 10.3 Å². The van der Waals surface area contributed by atoms with Gasteiger partial charge in [0.15, 0.2) is 0 Å². The topological polar surface area (TPSA) is 118 Å². The van der Waals surface area contributed by atoms with Crippen LogP contribution in [0.4, 0.5) is 4.79 Å². The Kier molecular flexibility index (Phi) is 7.29. The first-order valence-electron chi connectivity index (χ1n) is 8.99. The Labute approximate surface area is 171 Å². The summed E-state index contributed by atoms with van der Waals surface area (Å²) in [5.74, 6) is 1.87. The third-order valence-electron chi connectivity index (χ3n) is 4.48. The minimum absolute atomic E-state index is 0.0785. The first kappa shape index (κ1) is 20.6. The van der Waals surface area contributed by atoms with Crippen molar-refractivity contribution in [2.75, 3.05) is 38.2 Å². The largest absolute Gasteiger partial charge is 0.352 e. The van der Waals surface area contributed by atoms with Crippen molar-refractivity contribution < 1.29 is 14.1 Å². The molecule has 1 atom stereocenters. The van der Waals surface area contributed by atoms with Crippen LogP contribution in [0.25, 0.3) is 10.7 Å². The fraction of sp³-hybridized carbons (Fsp3) is 0.529. The average molecular weight is 425 g/mol. The van der Waals surface area contributed by atoms with Gasteiger partial charge in [-0.15, -0.1) is 11.3 Å². The van der Waals surface area contributed by atoms with Crippen molar-refractivity contribution in [2.45, 2.75) is 19.0 Å². The SMILES string of the molecule is CSCCC(NC(N)=O)C(=O)N1CCN(Cc2nc(-c3cccs3)no2)CC1. The van der Waals surface area contributed by atoms with E-state index in [9.17, 15) is 9.59 Å². The highest BCUT2D eigenvalue weighted by Crippen LogP contribution is 2.21. The summed E-state index contributed by atoms with van der Waals surface area (Å²) in [5.41, 5.74) is 5.22. The summed E-state index contributed by atoms with van der Waals surface area (Å²) in [6.45, 7) is 3.13. The molecular weight excluding hydrogens is 400 g/mol. The zero-order chi connectivity index (χ0) is 19.9. The van der Waals surface area contributed by atoms with Gasteiger partial charge in [-0.2, -0.15) is 16.7 Å². The van der Waals surface area contributed by atoms with Gasteiger partial charge in [-0.3, -0.25) is 9.69 Å². The zero-order valence-corrected chi connectivity index (χ0v) is 17.3. The summed E-state index contributed by atoms with van der Waals surface area (Å²) in [6.07, 6.45) is 2.53. The second kappa shape index (κ2) is 9.89. The van der Waals surface area contributed by atoms with Gasteiger partial charge >= 0.3 is 6.03 Å². The normalized spacial score (nSPS) is 16.1. The molecule has 0 aromatic carbocycles. The van der Waals surface area contributed by atoms with Crippen molar-refractivity contribution in [3.05, 3.63) is 23.4 Å². The minimum atomic E-state index is -0.670. The number of nitrogens with two attached hydrogens (primary N) is 1. The molecular formula is C17H24N6O3S2. The minimum Gasteiger partial charge on any atom is -0.352 e. The van der Waals surface area contributed by atoms with Crippen LogP contribution in [-0.4, -0.2) is 76.1 Å². The molecule has 28 heavy (non-hydrogen) atoms. The molecule has 3 heterocycles. The summed E-state index contributed by atoms with van der Waals surface area (Å²) in [4.78, 5) is 33.3.